The predicted octanol–water partition coefficient (Wildman–Crippen LogP) is 0.848. The van der Waals surface area contributed by atoms with Crippen LogP contribution in [-0.2, 0) is 39.4 Å². The lowest BCUT2D eigenvalue weighted by Gasteiger charge is -2.37. The van der Waals surface area contributed by atoms with Crippen molar-refractivity contribution in [3.63, 3.8) is 0 Å². The standard InChI is InChI=1S/C35H49N7O9S/c1-21-16-23(10-11-27(21)52(4,49)50)31(45)38-25(17-22-8-6-5-7-9-22)33(47)41-20-24(42-28(19-37-40-42)34(2,3)48)18-26(41)32(46)39-35(29(43)30(36)44)12-14-51-15-13-35/h10-11,16,19,22,24-26,48H,5-9,12-15,17-18,20H2,1-4H3,(H2,36,44)(H,38,45)(H,39,46)/t24-,25?,26-/m0/s1. The fraction of sp³-hybridized carbons (Fsp3) is 0.629. The summed E-state index contributed by atoms with van der Waals surface area (Å²) in [6.07, 6.45) is 7.60. The molecule has 0 spiro atoms. The number of ketones is 1. The van der Waals surface area contributed by atoms with Crippen molar-refractivity contribution in [1.82, 2.24) is 30.5 Å². The summed E-state index contributed by atoms with van der Waals surface area (Å²) in [5.41, 5.74) is 3.33. The number of aromatic nitrogens is 3. The number of sulfone groups is 1. The highest BCUT2D eigenvalue weighted by Crippen LogP contribution is 2.34. The second kappa shape index (κ2) is 15.4. The van der Waals surface area contributed by atoms with E-state index in [0.717, 1.165) is 38.4 Å². The number of nitrogens with zero attached hydrogens (tertiary/aromatic N) is 4. The Hall–Kier alpha value is -4.22. The number of primary amides is 1. The lowest BCUT2D eigenvalue weighted by Crippen LogP contribution is -2.64. The fourth-order valence-corrected chi connectivity index (χ4v) is 8.70. The Morgan fingerprint density at radius 2 is 1.79 bits per heavy atom. The van der Waals surface area contributed by atoms with Crippen LogP contribution in [0.25, 0.3) is 0 Å². The molecule has 1 aliphatic carbocycles. The van der Waals surface area contributed by atoms with Crippen molar-refractivity contribution in [3.8, 4) is 0 Å². The van der Waals surface area contributed by atoms with Gasteiger partial charge in [0.1, 0.15) is 23.2 Å². The van der Waals surface area contributed by atoms with Gasteiger partial charge in [0.2, 0.25) is 17.6 Å². The van der Waals surface area contributed by atoms with Crippen LogP contribution in [-0.4, -0.2) is 106 Å². The third kappa shape index (κ3) is 8.52. The third-order valence-electron chi connectivity index (χ3n) is 10.5. The van der Waals surface area contributed by atoms with Gasteiger partial charge in [-0.05, 0) is 56.9 Å². The van der Waals surface area contributed by atoms with Crippen molar-refractivity contribution >= 4 is 39.2 Å². The monoisotopic (exact) mass is 743 g/mol. The van der Waals surface area contributed by atoms with E-state index in [1.165, 1.54) is 34.0 Å². The van der Waals surface area contributed by atoms with E-state index >= 15 is 0 Å². The van der Waals surface area contributed by atoms with Crippen molar-refractivity contribution in [2.45, 2.75) is 113 Å². The molecule has 5 rings (SSSR count). The van der Waals surface area contributed by atoms with Crippen molar-refractivity contribution in [3.05, 3.63) is 41.2 Å². The summed E-state index contributed by atoms with van der Waals surface area (Å²) < 4.78 is 31.3. The Morgan fingerprint density at radius 1 is 1.12 bits per heavy atom. The third-order valence-corrected chi connectivity index (χ3v) is 11.8. The summed E-state index contributed by atoms with van der Waals surface area (Å²) in [5.74, 6) is -3.84. The molecule has 4 amide bonds. The van der Waals surface area contributed by atoms with Crippen molar-refractivity contribution < 1.29 is 42.2 Å². The van der Waals surface area contributed by atoms with Gasteiger partial charge in [-0.1, -0.05) is 37.3 Å². The molecule has 2 saturated heterocycles. The van der Waals surface area contributed by atoms with Gasteiger partial charge in [0.05, 0.1) is 22.8 Å². The molecule has 3 atom stereocenters. The summed E-state index contributed by atoms with van der Waals surface area (Å²) in [4.78, 5) is 69.5. The molecular formula is C35H49N7O9S. The van der Waals surface area contributed by atoms with Crippen molar-refractivity contribution in [2.24, 2.45) is 11.7 Å². The maximum Gasteiger partial charge on any atom is 0.287 e. The van der Waals surface area contributed by atoms with E-state index in [1.807, 2.05) is 0 Å². The van der Waals surface area contributed by atoms with Gasteiger partial charge >= 0.3 is 0 Å². The molecule has 5 N–H and O–H groups in total. The number of nitrogens with two attached hydrogens (primary N) is 1. The molecule has 16 nitrogen and oxygen atoms in total. The molecule has 3 heterocycles. The zero-order valence-electron chi connectivity index (χ0n) is 30.1. The molecule has 3 fully saturated rings. The fourth-order valence-electron chi connectivity index (χ4n) is 7.74. The van der Waals surface area contributed by atoms with E-state index in [1.54, 1.807) is 20.8 Å². The highest BCUT2D eigenvalue weighted by atomic mass is 32.2. The number of amides is 4. The predicted molar refractivity (Wildman–Crippen MR) is 186 cm³/mol. The van der Waals surface area contributed by atoms with Gasteiger partial charge in [-0.15, -0.1) is 5.10 Å². The number of likely N-dealkylation sites (tertiary alicyclic amines) is 1. The molecule has 52 heavy (non-hydrogen) atoms. The molecule has 1 aromatic carbocycles. The molecule has 3 aliphatic rings. The minimum atomic E-state index is -3.53. The highest BCUT2D eigenvalue weighted by Gasteiger charge is 2.49. The Bertz CT molecular complexity index is 1810. The number of benzene rings is 1. The van der Waals surface area contributed by atoms with Gasteiger partial charge in [0.15, 0.2) is 9.84 Å². The van der Waals surface area contributed by atoms with Crippen LogP contribution < -0.4 is 16.4 Å². The zero-order valence-corrected chi connectivity index (χ0v) is 30.9. The van der Waals surface area contributed by atoms with Crippen LogP contribution in [0.5, 0.6) is 0 Å². The van der Waals surface area contributed by atoms with Crippen molar-refractivity contribution in [1.29, 1.82) is 0 Å². The molecule has 2 aromatic rings. The van der Waals surface area contributed by atoms with Crippen molar-refractivity contribution in [2.75, 3.05) is 26.0 Å². The zero-order chi connectivity index (χ0) is 38.0. The lowest BCUT2D eigenvalue weighted by molar-refractivity contribution is -0.147. The molecule has 1 saturated carbocycles. The van der Waals surface area contributed by atoms with E-state index in [9.17, 15) is 37.5 Å². The number of carbonyl (C=O) groups excluding carboxylic acids is 5. The number of aliphatic hydroxyl groups is 1. The topological polar surface area (TPSA) is 233 Å². The highest BCUT2D eigenvalue weighted by molar-refractivity contribution is 7.90. The maximum absolute atomic E-state index is 14.8. The quantitative estimate of drug-likeness (QED) is 0.223. The van der Waals surface area contributed by atoms with E-state index in [4.69, 9.17) is 10.5 Å². The summed E-state index contributed by atoms with van der Waals surface area (Å²) >= 11 is 0. The van der Waals surface area contributed by atoms with Crippen LogP contribution in [0.15, 0.2) is 29.3 Å². The Labute approximate surface area is 303 Å². The molecule has 0 bridgehead atoms. The molecular weight excluding hydrogens is 694 g/mol. The number of hydrogen-bond donors (Lipinski definition) is 4. The average molecular weight is 744 g/mol. The molecule has 2 aliphatic heterocycles. The van der Waals surface area contributed by atoms with Crippen LogP contribution in [0.2, 0.25) is 0 Å². The molecule has 1 unspecified atom stereocenters. The largest absolute Gasteiger partial charge is 0.384 e. The number of carbonyl (C=O) groups is 5. The molecule has 17 heteroatoms. The van der Waals surface area contributed by atoms with E-state index < -0.39 is 68.5 Å². The minimum absolute atomic E-state index is 0.00837. The summed E-state index contributed by atoms with van der Waals surface area (Å²) in [7, 11) is -3.53. The first-order valence-electron chi connectivity index (χ1n) is 17.7. The van der Waals surface area contributed by atoms with Crippen LogP contribution in [0, 0.1) is 12.8 Å². The van der Waals surface area contributed by atoms with E-state index in [2.05, 4.69) is 20.9 Å². The van der Waals surface area contributed by atoms with Crippen LogP contribution in [0.1, 0.15) is 99.3 Å². The number of aryl methyl sites for hydroxylation is 1. The van der Waals surface area contributed by atoms with Gasteiger partial charge in [-0.25, -0.2) is 13.1 Å². The Balaban J connectivity index is 1.50. The van der Waals surface area contributed by atoms with Crippen LogP contribution >= 0.6 is 0 Å². The average Bonchev–Trinajstić information content (AvgIpc) is 3.76. The van der Waals surface area contributed by atoms with Crippen LogP contribution in [0.3, 0.4) is 0 Å². The van der Waals surface area contributed by atoms with E-state index in [0.29, 0.717) is 17.7 Å². The SMILES string of the molecule is Cc1cc(C(=O)NC(CC2CCCCC2)C(=O)N2C[C@@H](n3nncc3C(C)(C)O)C[C@H]2C(=O)NC2(C(=O)C(N)=O)CCOCC2)ccc1S(C)(=O)=O. The second-order valence-corrected chi connectivity index (χ2v) is 16.9. The first-order chi connectivity index (χ1) is 24.4. The first-order valence-corrected chi connectivity index (χ1v) is 19.6. The van der Waals surface area contributed by atoms with Gasteiger partial charge in [0, 0.05) is 50.8 Å². The minimum Gasteiger partial charge on any atom is -0.384 e. The smallest absolute Gasteiger partial charge is 0.287 e. The molecule has 284 valence electrons. The number of nitrogens with one attached hydrogen (secondary N) is 2. The molecule has 0 radical (unpaired) electrons. The number of ether oxygens (including phenoxy) is 1. The summed E-state index contributed by atoms with van der Waals surface area (Å²) in [6.45, 7) is 4.88. The number of rotatable bonds is 12. The molecule has 1 aromatic heterocycles. The second-order valence-electron chi connectivity index (χ2n) is 14.9. The summed E-state index contributed by atoms with van der Waals surface area (Å²) in [5, 5.41) is 24.7. The number of Topliss-reactive ketones (excluding diaryl/α,β-unsaturated/α-hetero) is 1. The summed E-state index contributed by atoms with van der Waals surface area (Å²) in [6, 6.07) is 1.36. The van der Waals surface area contributed by atoms with E-state index in [-0.39, 0.29) is 55.4 Å². The Morgan fingerprint density at radius 3 is 2.38 bits per heavy atom. The van der Waals surface area contributed by atoms with Gasteiger partial charge < -0.3 is 31.1 Å². The van der Waals surface area contributed by atoms with Gasteiger partial charge in [-0.2, -0.15) is 0 Å². The van der Waals surface area contributed by atoms with Gasteiger partial charge in [0.25, 0.3) is 11.8 Å². The Kier molecular flexibility index (Phi) is 11.6. The van der Waals surface area contributed by atoms with Gasteiger partial charge in [-0.3, -0.25) is 24.0 Å². The normalized spacial score (nSPS) is 21.7. The lowest BCUT2D eigenvalue weighted by atomic mass is 9.84. The number of hydrogen-bond acceptors (Lipinski definition) is 11. The van der Waals surface area contributed by atoms with Crippen LogP contribution in [0.4, 0.5) is 0 Å². The first kappa shape index (κ1) is 39.0. The maximum atomic E-state index is 14.8.